The molecular formula is C10H18N2O3. The van der Waals surface area contributed by atoms with Gasteiger partial charge in [0.2, 0.25) is 5.91 Å². The van der Waals surface area contributed by atoms with Gasteiger partial charge < -0.3 is 10.4 Å². The molecule has 0 aromatic carbocycles. The molecule has 0 radical (unpaired) electrons. The number of hydrogen-bond donors (Lipinski definition) is 2. The molecule has 0 aromatic rings. The second-order valence-electron chi connectivity index (χ2n) is 4.19. The molecule has 1 fully saturated rings. The lowest BCUT2D eigenvalue weighted by Gasteiger charge is -2.20. The monoisotopic (exact) mass is 214 g/mol. The average molecular weight is 214 g/mol. The van der Waals surface area contributed by atoms with Crippen LogP contribution in [0.4, 0.5) is 0 Å². The minimum absolute atomic E-state index is 0.0989. The first-order chi connectivity index (χ1) is 7.00. The van der Waals surface area contributed by atoms with Crippen LogP contribution in [0.25, 0.3) is 0 Å². The third-order valence-corrected chi connectivity index (χ3v) is 2.45. The molecule has 15 heavy (non-hydrogen) atoms. The van der Waals surface area contributed by atoms with E-state index >= 15 is 0 Å². The van der Waals surface area contributed by atoms with Gasteiger partial charge in [0.1, 0.15) is 6.04 Å². The first-order valence-corrected chi connectivity index (χ1v) is 5.27. The molecule has 0 unspecified atom stereocenters. The summed E-state index contributed by atoms with van der Waals surface area (Å²) in [6, 6.07) is -0.383. The van der Waals surface area contributed by atoms with Crippen molar-refractivity contribution in [2.24, 2.45) is 0 Å². The molecule has 1 aliphatic heterocycles. The van der Waals surface area contributed by atoms with E-state index in [1.54, 1.807) is 4.90 Å². The fraction of sp³-hybridized carbons (Fsp3) is 0.800. The highest BCUT2D eigenvalue weighted by molar-refractivity contribution is 5.80. The number of hydrogen-bond acceptors (Lipinski definition) is 3. The SMILES string of the molecule is CC(C)NC(=O)CN1CCC[C@H]1C(=O)O. The molecule has 5 nitrogen and oxygen atoms in total. The minimum Gasteiger partial charge on any atom is -0.480 e. The summed E-state index contributed by atoms with van der Waals surface area (Å²) in [6.07, 6.45) is 1.50. The second-order valence-corrected chi connectivity index (χ2v) is 4.19. The van der Waals surface area contributed by atoms with Crippen molar-refractivity contribution in [3.63, 3.8) is 0 Å². The Labute approximate surface area is 89.4 Å². The molecule has 86 valence electrons. The number of nitrogens with zero attached hydrogens (tertiary/aromatic N) is 1. The zero-order chi connectivity index (χ0) is 11.4. The third kappa shape index (κ3) is 3.51. The van der Waals surface area contributed by atoms with E-state index in [0.29, 0.717) is 13.0 Å². The van der Waals surface area contributed by atoms with Crippen LogP contribution in [0.5, 0.6) is 0 Å². The summed E-state index contributed by atoms with van der Waals surface area (Å²) in [5, 5.41) is 11.7. The highest BCUT2D eigenvalue weighted by Gasteiger charge is 2.31. The molecule has 0 aliphatic carbocycles. The van der Waals surface area contributed by atoms with Crippen LogP contribution in [-0.2, 0) is 9.59 Å². The van der Waals surface area contributed by atoms with Crippen molar-refractivity contribution in [1.29, 1.82) is 0 Å². The fourth-order valence-electron chi connectivity index (χ4n) is 1.85. The van der Waals surface area contributed by atoms with Crippen molar-refractivity contribution in [3.05, 3.63) is 0 Å². The lowest BCUT2D eigenvalue weighted by atomic mass is 10.2. The number of carbonyl (C=O) groups is 2. The molecule has 0 aromatic heterocycles. The smallest absolute Gasteiger partial charge is 0.320 e. The van der Waals surface area contributed by atoms with Crippen molar-refractivity contribution in [2.45, 2.75) is 38.8 Å². The van der Waals surface area contributed by atoms with Crippen LogP contribution in [0.3, 0.4) is 0 Å². The van der Waals surface area contributed by atoms with E-state index in [0.717, 1.165) is 6.42 Å². The summed E-state index contributed by atoms with van der Waals surface area (Å²) in [5.41, 5.74) is 0. The first kappa shape index (κ1) is 12.0. The molecule has 0 saturated carbocycles. The van der Waals surface area contributed by atoms with Gasteiger partial charge in [-0.05, 0) is 33.2 Å². The second kappa shape index (κ2) is 5.11. The van der Waals surface area contributed by atoms with Crippen LogP contribution in [0.1, 0.15) is 26.7 Å². The summed E-state index contributed by atoms with van der Waals surface area (Å²) in [6.45, 7) is 4.66. The van der Waals surface area contributed by atoms with Gasteiger partial charge in [-0.15, -0.1) is 0 Å². The van der Waals surface area contributed by atoms with E-state index in [1.165, 1.54) is 0 Å². The Hall–Kier alpha value is -1.10. The summed E-state index contributed by atoms with van der Waals surface area (Å²) in [4.78, 5) is 24.0. The Bertz CT molecular complexity index is 253. The maximum atomic E-state index is 11.4. The maximum Gasteiger partial charge on any atom is 0.320 e. The number of carboxylic acid groups (broad SMARTS) is 1. The van der Waals surface area contributed by atoms with Crippen LogP contribution < -0.4 is 5.32 Å². The van der Waals surface area contributed by atoms with Gasteiger partial charge in [0.05, 0.1) is 6.54 Å². The normalized spacial score (nSPS) is 21.9. The van der Waals surface area contributed by atoms with Crippen molar-refractivity contribution >= 4 is 11.9 Å². The lowest BCUT2D eigenvalue weighted by Crippen LogP contribution is -2.44. The topological polar surface area (TPSA) is 69.6 Å². The number of carboxylic acids is 1. The molecule has 1 saturated heterocycles. The highest BCUT2D eigenvalue weighted by atomic mass is 16.4. The first-order valence-electron chi connectivity index (χ1n) is 5.27. The van der Waals surface area contributed by atoms with Crippen LogP contribution in [-0.4, -0.2) is 47.1 Å². The average Bonchev–Trinajstić information content (AvgIpc) is 2.50. The van der Waals surface area contributed by atoms with Gasteiger partial charge in [0.25, 0.3) is 0 Å². The minimum atomic E-state index is -0.829. The predicted molar refractivity (Wildman–Crippen MR) is 55.5 cm³/mol. The molecular weight excluding hydrogens is 196 g/mol. The van der Waals surface area contributed by atoms with E-state index in [1.807, 2.05) is 13.8 Å². The van der Waals surface area contributed by atoms with Crippen molar-refractivity contribution in [3.8, 4) is 0 Å². The van der Waals surface area contributed by atoms with E-state index in [4.69, 9.17) is 5.11 Å². The van der Waals surface area contributed by atoms with Gasteiger partial charge >= 0.3 is 5.97 Å². The van der Waals surface area contributed by atoms with Gasteiger partial charge in [-0.25, -0.2) is 0 Å². The molecule has 1 rings (SSSR count). The van der Waals surface area contributed by atoms with Gasteiger partial charge in [-0.2, -0.15) is 0 Å². The Kier molecular flexibility index (Phi) is 4.08. The van der Waals surface area contributed by atoms with E-state index in [9.17, 15) is 9.59 Å². The Morgan fingerprint density at radius 3 is 2.73 bits per heavy atom. The lowest BCUT2D eigenvalue weighted by molar-refractivity contribution is -0.142. The van der Waals surface area contributed by atoms with Crippen molar-refractivity contribution < 1.29 is 14.7 Å². The number of amides is 1. The number of nitrogens with one attached hydrogen (secondary N) is 1. The number of likely N-dealkylation sites (tertiary alicyclic amines) is 1. The van der Waals surface area contributed by atoms with E-state index in [2.05, 4.69) is 5.32 Å². The summed E-state index contributed by atoms with van der Waals surface area (Å²) in [5.74, 6) is -0.928. The van der Waals surface area contributed by atoms with Gasteiger partial charge in [-0.1, -0.05) is 0 Å². The molecule has 1 heterocycles. The maximum absolute atomic E-state index is 11.4. The Balaban J connectivity index is 2.43. The third-order valence-electron chi connectivity index (χ3n) is 2.45. The number of carbonyl (C=O) groups excluding carboxylic acids is 1. The largest absolute Gasteiger partial charge is 0.480 e. The molecule has 1 amide bonds. The van der Waals surface area contributed by atoms with Crippen LogP contribution in [0, 0.1) is 0 Å². The molecule has 2 N–H and O–H groups in total. The highest BCUT2D eigenvalue weighted by Crippen LogP contribution is 2.16. The van der Waals surface area contributed by atoms with E-state index < -0.39 is 12.0 Å². The molecule has 1 aliphatic rings. The quantitative estimate of drug-likeness (QED) is 0.694. The zero-order valence-electron chi connectivity index (χ0n) is 9.19. The number of rotatable bonds is 4. The Morgan fingerprint density at radius 1 is 1.53 bits per heavy atom. The molecule has 5 heteroatoms. The Morgan fingerprint density at radius 2 is 2.20 bits per heavy atom. The fourth-order valence-corrected chi connectivity index (χ4v) is 1.85. The molecule has 1 atom stereocenters. The van der Waals surface area contributed by atoms with Crippen LogP contribution in [0.2, 0.25) is 0 Å². The summed E-state index contributed by atoms with van der Waals surface area (Å²) < 4.78 is 0. The van der Waals surface area contributed by atoms with Crippen molar-refractivity contribution in [1.82, 2.24) is 10.2 Å². The van der Waals surface area contributed by atoms with Crippen LogP contribution in [0.15, 0.2) is 0 Å². The summed E-state index contributed by atoms with van der Waals surface area (Å²) >= 11 is 0. The molecule has 0 bridgehead atoms. The van der Waals surface area contributed by atoms with Crippen molar-refractivity contribution in [2.75, 3.05) is 13.1 Å². The van der Waals surface area contributed by atoms with E-state index in [-0.39, 0.29) is 18.5 Å². The van der Waals surface area contributed by atoms with Gasteiger partial charge in [0.15, 0.2) is 0 Å². The number of aliphatic carboxylic acids is 1. The van der Waals surface area contributed by atoms with Gasteiger partial charge in [-0.3, -0.25) is 14.5 Å². The summed E-state index contributed by atoms with van der Waals surface area (Å²) in [7, 11) is 0. The standard InChI is InChI=1S/C10H18N2O3/c1-7(2)11-9(13)6-12-5-3-4-8(12)10(14)15/h7-8H,3-6H2,1-2H3,(H,11,13)(H,14,15)/t8-/m0/s1. The van der Waals surface area contributed by atoms with Gasteiger partial charge in [0, 0.05) is 6.04 Å². The predicted octanol–water partition coefficient (Wildman–Crippen LogP) is 0.0600. The molecule has 0 spiro atoms. The van der Waals surface area contributed by atoms with Crippen LogP contribution >= 0.6 is 0 Å². The zero-order valence-corrected chi connectivity index (χ0v) is 9.19.